The lowest BCUT2D eigenvalue weighted by Gasteiger charge is -2.19. The highest BCUT2D eigenvalue weighted by Gasteiger charge is 2.19. The van der Waals surface area contributed by atoms with Crippen LogP contribution in [0.4, 0.5) is 0 Å². The second-order valence-electron chi connectivity index (χ2n) is 13.6. The average Bonchev–Trinajstić information content (AvgIpc) is 3.26. The van der Waals surface area contributed by atoms with Crippen LogP contribution in [0.5, 0.6) is 0 Å². The van der Waals surface area contributed by atoms with Gasteiger partial charge in [0.1, 0.15) is 0 Å². The fourth-order valence-corrected chi connectivity index (χ4v) is 7.81. The van der Waals surface area contributed by atoms with Crippen LogP contribution in [0.15, 0.2) is 200 Å². The fourth-order valence-electron chi connectivity index (χ4n) is 7.81. The van der Waals surface area contributed by atoms with Gasteiger partial charge in [0.25, 0.3) is 0 Å². The highest BCUT2D eigenvalue weighted by molar-refractivity contribution is 6.23. The Labute approximate surface area is 313 Å². The SMILES string of the molecule is c1ccc(-c2cc(-c3ccc(-c4ccccn4)cc3)nc(-c3cccc(-c4c5ccccc5c(-c5cccc6ccccc56)c5ccccc45)c3)n2)cc1. The first-order valence-corrected chi connectivity index (χ1v) is 18.3. The molecule has 0 radical (unpaired) electrons. The lowest BCUT2D eigenvalue weighted by atomic mass is 9.84. The molecule has 10 rings (SSSR count). The normalized spacial score (nSPS) is 11.3. The summed E-state index contributed by atoms with van der Waals surface area (Å²) in [5.41, 5.74) is 11.6. The van der Waals surface area contributed by atoms with Crippen molar-refractivity contribution in [2.45, 2.75) is 0 Å². The summed E-state index contributed by atoms with van der Waals surface area (Å²) in [5, 5.41) is 7.37. The molecular formula is C51H33N3. The second-order valence-corrected chi connectivity index (χ2v) is 13.6. The summed E-state index contributed by atoms with van der Waals surface area (Å²) in [4.78, 5) is 14.9. The third-order valence-corrected chi connectivity index (χ3v) is 10.3. The highest BCUT2D eigenvalue weighted by Crippen LogP contribution is 2.45. The maximum Gasteiger partial charge on any atom is 0.160 e. The van der Waals surface area contributed by atoms with E-state index in [-0.39, 0.29) is 0 Å². The average molecular weight is 688 g/mol. The minimum Gasteiger partial charge on any atom is -0.256 e. The third kappa shape index (κ3) is 5.60. The lowest BCUT2D eigenvalue weighted by molar-refractivity contribution is 1.18. The molecule has 3 heteroatoms. The Balaban J connectivity index is 1.15. The molecular weight excluding hydrogens is 655 g/mol. The van der Waals surface area contributed by atoms with Crippen molar-refractivity contribution in [1.29, 1.82) is 0 Å². The van der Waals surface area contributed by atoms with Crippen LogP contribution in [-0.2, 0) is 0 Å². The van der Waals surface area contributed by atoms with E-state index in [0.29, 0.717) is 5.82 Å². The van der Waals surface area contributed by atoms with Crippen LogP contribution >= 0.6 is 0 Å². The quantitative estimate of drug-likeness (QED) is 0.163. The summed E-state index contributed by atoms with van der Waals surface area (Å²) in [5.74, 6) is 0.683. The van der Waals surface area contributed by atoms with Gasteiger partial charge in [0.15, 0.2) is 5.82 Å². The molecule has 0 aliphatic heterocycles. The summed E-state index contributed by atoms with van der Waals surface area (Å²) < 4.78 is 0. The van der Waals surface area contributed by atoms with Gasteiger partial charge in [-0.05, 0) is 78.8 Å². The van der Waals surface area contributed by atoms with Gasteiger partial charge in [0.2, 0.25) is 0 Å². The number of hydrogen-bond donors (Lipinski definition) is 0. The molecule has 0 unspecified atom stereocenters. The van der Waals surface area contributed by atoms with Crippen molar-refractivity contribution in [3.05, 3.63) is 200 Å². The zero-order valence-electron chi connectivity index (χ0n) is 29.4. The van der Waals surface area contributed by atoms with E-state index in [1.807, 2.05) is 30.5 Å². The van der Waals surface area contributed by atoms with Gasteiger partial charge in [-0.25, -0.2) is 9.97 Å². The Morgan fingerprint density at radius 1 is 0.296 bits per heavy atom. The zero-order valence-corrected chi connectivity index (χ0v) is 29.4. The van der Waals surface area contributed by atoms with E-state index in [0.717, 1.165) is 44.9 Å². The third-order valence-electron chi connectivity index (χ3n) is 10.3. The zero-order chi connectivity index (χ0) is 35.8. The number of nitrogens with zero attached hydrogens (tertiary/aromatic N) is 3. The summed E-state index contributed by atoms with van der Waals surface area (Å²) in [6, 6.07) is 68.6. The van der Waals surface area contributed by atoms with Crippen LogP contribution in [-0.4, -0.2) is 15.0 Å². The van der Waals surface area contributed by atoms with Crippen molar-refractivity contribution >= 4 is 32.3 Å². The highest BCUT2D eigenvalue weighted by atomic mass is 14.9. The number of aromatic nitrogens is 3. The predicted octanol–water partition coefficient (Wildman–Crippen LogP) is 13.3. The molecule has 252 valence electrons. The van der Waals surface area contributed by atoms with Crippen LogP contribution in [0.1, 0.15) is 0 Å². The van der Waals surface area contributed by atoms with Crippen molar-refractivity contribution in [2.75, 3.05) is 0 Å². The molecule has 2 aromatic heterocycles. The maximum absolute atomic E-state index is 5.22. The number of hydrogen-bond acceptors (Lipinski definition) is 3. The molecule has 0 fully saturated rings. The number of fused-ring (bicyclic) bond motifs is 3. The van der Waals surface area contributed by atoms with Crippen molar-refractivity contribution in [1.82, 2.24) is 15.0 Å². The second kappa shape index (κ2) is 13.4. The number of benzene rings is 8. The predicted molar refractivity (Wildman–Crippen MR) is 225 cm³/mol. The van der Waals surface area contributed by atoms with E-state index >= 15 is 0 Å². The molecule has 0 atom stereocenters. The molecule has 0 saturated carbocycles. The first-order valence-electron chi connectivity index (χ1n) is 18.3. The number of rotatable bonds is 6. The lowest BCUT2D eigenvalue weighted by Crippen LogP contribution is -1.96. The molecule has 0 spiro atoms. The first-order chi connectivity index (χ1) is 26.8. The van der Waals surface area contributed by atoms with Gasteiger partial charge in [-0.2, -0.15) is 0 Å². The molecule has 0 saturated heterocycles. The smallest absolute Gasteiger partial charge is 0.160 e. The van der Waals surface area contributed by atoms with E-state index < -0.39 is 0 Å². The Morgan fingerprint density at radius 2 is 0.796 bits per heavy atom. The molecule has 0 aliphatic carbocycles. The summed E-state index contributed by atoms with van der Waals surface area (Å²) >= 11 is 0. The Hall–Kier alpha value is -7.23. The molecule has 0 amide bonds. The van der Waals surface area contributed by atoms with E-state index in [1.165, 1.54) is 49.0 Å². The van der Waals surface area contributed by atoms with Gasteiger partial charge in [-0.1, -0.05) is 170 Å². The van der Waals surface area contributed by atoms with Crippen molar-refractivity contribution in [3.8, 4) is 67.4 Å². The minimum atomic E-state index is 0.683. The van der Waals surface area contributed by atoms with Crippen molar-refractivity contribution < 1.29 is 0 Å². The van der Waals surface area contributed by atoms with E-state index in [2.05, 4.69) is 175 Å². The monoisotopic (exact) mass is 687 g/mol. The molecule has 10 aromatic rings. The summed E-state index contributed by atoms with van der Waals surface area (Å²) in [7, 11) is 0. The maximum atomic E-state index is 5.22. The van der Waals surface area contributed by atoms with E-state index in [1.54, 1.807) is 0 Å². The summed E-state index contributed by atoms with van der Waals surface area (Å²) in [6.45, 7) is 0. The van der Waals surface area contributed by atoms with Crippen molar-refractivity contribution in [2.24, 2.45) is 0 Å². The summed E-state index contributed by atoms with van der Waals surface area (Å²) in [6.07, 6.45) is 1.82. The first kappa shape index (κ1) is 31.5. The molecule has 0 N–H and O–H groups in total. The largest absolute Gasteiger partial charge is 0.256 e. The van der Waals surface area contributed by atoms with Crippen LogP contribution < -0.4 is 0 Å². The molecule has 0 aliphatic rings. The van der Waals surface area contributed by atoms with Crippen LogP contribution in [0.3, 0.4) is 0 Å². The van der Waals surface area contributed by atoms with Crippen LogP contribution in [0.2, 0.25) is 0 Å². The van der Waals surface area contributed by atoms with Gasteiger partial charge >= 0.3 is 0 Å². The molecule has 8 aromatic carbocycles. The molecule has 0 bridgehead atoms. The fraction of sp³-hybridized carbons (Fsp3) is 0. The number of pyridine rings is 1. The Kier molecular flexibility index (Phi) is 7.81. The van der Waals surface area contributed by atoms with Crippen LogP contribution in [0.25, 0.3) is 99.7 Å². The van der Waals surface area contributed by atoms with Crippen LogP contribution in [0, 0.1) is 0 Å². The molecule has 54 heavy (non-hydrogen) atoms. The van der Waals surface area contributed by atoms with Gasteiger partial charge in [0.05, 0.1) is 17.1 Å². The Morgan fingerprint density at radius 3 is 1.46 bits per heavy atom. The van der Waals surface area contributed by atoms with Gasteiger partial charge in [0, 0.05) is 28.5 Å². The molecule has 2 heterocycles. The van der Waals surface area contributed by atoms with Crippen molar-refractivity contribution in [3.63, 3.8) is 0 Å². The molecule has 3 nitrogen and oxygen atoms in total. The van der Waals surface area contributed by atoms with Gasteiger partial charge in [-0.3, -0.25) is 4.98 Å². The van der Waals surface area contributed by atoms with Gasteiger partial charge < -0.3 is 0 Å². The minimum absolute atomic E-state index is 0.683. The standard InChI is InChI=1S/C51H33N3/c1-2-15-35(16-3-1)47-33-48(37-29-27-36(28-30-37)46-26-10-11-31-52-46)54-51(53-47)39-19-12-18-38(32-39)49-42-21-6-8-23-44(42)50(45-24-9-7-22-43(45)49)41-25-13-17-34-14-4-5-20-40(34)41/h1-33H. The van der Waals surface area contributed by atoms with E-state index in [9.17, 15) is 0 Å². The van der Waals surface area contributed by atoms with E-state index in [4.69, 9.17) is 9.97 Å². The van der Waals surface area contributed by atoms with Gasteiger partial charge in [-0.15, -0.1) is 0 Å². The Bertz CT molecular complexity index is 2910. The topological polar surface area (TPSA) is 38.7 Å².